The second kappa shape index (κ2) is 4.44. The van der Waals surface area contributed by atoms with Gasteiger partial charge in [0.25, 0.3) is 0 Å². The zero-order valence-corrected chi connectivity index (χ0v) is 9.85. The van der Waals surface area contributed by atoms with Crippen molar-refractivity contribution in [3.8, 4) is 0 Å². The number of hydrogen-bond donors (Lipinski definition) is 0. The Morgan fingerprint density at radius 3 is 2.44 bits per heavy atom. The topological polar surface area (TPSA) is 69.7 Å². The highest BCUT2D eigenvalue weighted by atomic mass is 16.5. The summed E-state index contributed by atoms with van der Waals surface area (Å²) in [6.45, 7) is 0. The molecule has 0 fully saturated rings. The van der Waals surface area contributed by atoms with E-state index in [4.69, 9.17) is 4.74 Å². The van der Waals surface area contributed by atoms with Gasteiger partial charge in [0.05, 0.1) is 19.8 Å². The van der Waals surface area contributed by atoms with Crippen molar-refractivity contribution in [1.29, 1.82) is 0 Å². The van der Waals surface area contributed by atoms with Gasteiger partial charge in [-0.05, 0) is 18.2 Å². The van der Waals surface area contributed by atoms with Crippen molar-refractivity contribution in [1.82, 2.24) is 0 Å². The summed E-state index contributed by atoms with van der Waals surface area (Å²) in [4.78, 5) is 35.1. The fourth-order valence-corrected chi connectivity index (χ4v) is 1.74. The summed E-state index contributed by atoms with van der Waals surface area (Å²) < 4.78 is 9.39. The third-order valence-electron chi connectivity index (χ3n) is 2.66. The first-order valence-corrected chi connectivity index (χ1v) is 5.15. The number of rotatable bonds is 2. The molecule has 0 amide bonds. The largest absolute Gasteiger partial charge is 0.492 e. The molecule has 0 saturated heterocycles. The minimum atomic E-state index is -0.563. The molecule has 0 heterocycles. The number of carbonyl (C=O) groups excluding carboxylic acids is 3. The first-order valence-electron chi connectivity index (χ1n) is 5.15. The number of fused-ring (bicyclic) bond motifs is 1. The number of carbonyl (C=O) groups is 3. The van der Waals surface area contributed by atoms with Gasteiger partial charge in [0, 0.05) is 17.2 Å². The van der Waals surface area contributed by atoms with Gasteiger partial charge in [-0.15, -0.1) is 0 Å². The lowest BCUT2D eigenvalue weighted by molar-refractivity contribution is 0.0600. The number of benzene rings is 1. The SMILES string of the molecule is COC(=O)c1ccc2c(c1)C(=O)C(OC)=CC2=O. The molecular weight excluding hydrogens is 236 g/mol. The van der Waals surface area contributed by atoms with Crippen LogP contribution in [0.15, 0.2) is 30.0 Å². The number of methoxy groups -OCH3 is 2. The first kappa shape index (κ1) is 12.0. The molecular formula is C13H10O5. The van der Waals surface area contributed by atoms with Crippen LogP contribution in [-0.2, 0) is 9.47 Å². The highest BCUT2D eigenvalue weighted by molar-refractivity contribution is 6.24. The lowest BCUT2D eigenvalue weighted by Gasteiger charge is -2.14. The van der Waals surface area contributed by atoms with Crippen molar-refractivity contribution >= 4 is 17.5 Å². The molecule has 0 radical (unpaired) electrons. The van der Waals surface area contributed by atoms with Gasteiger partial charge in [-0.2, -0.15) is 0 Å². The molecule has 2 rings (SSSR count). The highest BCUT2D eigenvalue weighted by Gasteiger charge is 2.27. The van der Waals surface area contributed by atoms with E-state index in [1.54, 1.807) is 0 Å². The van der Waals surface area contributed by atoms with Gasteiger partial charge < -0.3 is 9.47 Å². The second-order valence-corrected chi connectivity index (χ2v) is 3.66. The normalized spacial score (nSPS) is 13.8. The van der Waals surface area contributed by atoms with E-state index < -0.39 is 11.8 Å². The van der Waals surface area contributed by atoms with Crippen LogP contribution in [0.4, 0.5) is 0 Å². The third kappa shape index (κ3) is 1.79. The van der Waals surface area contributed by atoms with Crippen molar-refractivity contribution in [3.63, 3.8) is 0 Å². The summed E-state index contributed by atoms with van der Waals surface area (Å²) in [5, 5.41) is 0. The molecule has 5 nitrogen and oxygen atoms in total. The molecule has 5 heteroatoms. The Kier molecular flexibility index (Phi) is 2.97. The third-order valence-corrected chi connectivity index (χ3v) is 2.66. The minimum absolute atomic E-state index is 0.0329. The van der Waals surface area contributed by atoms with Crippen molar-refractivity contribution < 1.29 is 23.9 Å². The smallest absolute Gasteiger partial charge is 0.337 e. The van der Waals surface area contributed by atoms with Crippen LogP contribution >= 0.6 is 0 Å². The van der Waals surface area contributed by atoms with Gasteiger partial charge in [0.2, 0.25) is 5.78 Å². The lowest BCUT2D eigenvalue weighted by atomic mass is 9.92. The number of allylic oxidation sites excluding steroid dienone is 2. The number of Topliss-reactive ketones (excluding diaryl/α,β-unsaturated/α-hetero) is 1. The summed E-state index contributed by atoms with van der Waals surface area (Å²) >= 11 is 0. The van der Waals surface area contributed by atoms with E-state index in [0.717, 1.165) is 6.08 Å². The summed E-state index contributed by atoms with van der Waals surface area (Å²) in [5.41, 5.74) is 0.630. The quantitative estimate of drug-likeness (QED) is 0.737. The van der Waals surface area contributed by atoms with Crippen LogP contribution in [0, 0.1) is 0 Å². The molecule has 1 aromatic rings. The summed E-state index contributed by atoms with van der Waals surface area (Å²) in [7, 11) is 2.56. The second-order valence-electron chi connectivity index (χ2n) is 3.66. The molecule has 0 bridgehead atoms. The Hall–Kier alpha value is -2.43. The van der Waals surface area contributed by atoms with Crippen molar-refractivity contribution in [2.24, 2.45) is 0 Å². The van der Waals surface area contributed by atoms with Crippen molar-refractivity contribution in [2.45, 2.75) is 0 Å². The zero-order valence-electron chi connectivity index (χ0n) is 9.85. The molecule has 92 valence electrons. The summed E-state index contributed by atoms with van der Waals surface area (Å²) in [5.74, 6) is -1.34. The van der Waals surface area contributed by atoms with Crippen molar-refractivity contribution in [2.75, 3.05) is 14.2 Å². The Balaban J connectivity index is 2.55. The summed E-state index contributed by atoms with van der Waals surface area (Å²) in [6.07, 6.45) is 1.14. The fourth-order valence-electron chi connectivity index (χ4n) is 1.74. The Labute approximate surface area is 103 Å². The molecule has 0 saturated carbocycles. The van der Waals surface area contributed by atoms with Gasteiger partial charge in [-0.25, -0.2) is 4.79 Å². The van der Waals surface area contributed by atoms with Gasteiger partial charge >= 0.3 is 5.97 Å². The number of ketones is 2. The van der Waals surface area contributed by atoms with Gasteiger partial charge in [0.1, 0.15) is 0 Å². The number of ether oxygens (including phenoxy) is 2. The maximum absolute atomic E-state index is 12.0. The maximum atomic E-state index is 12.0. The first-order chi connectivity index (χ1) is 8.58. The summed E-state index contributed by atoms with van der Waals surface area (Å²) in [6, 6.07) is 4.22. The van der Waals surface area contributed by atoms with Crippen LogP contribution in [0.25, 0.3) is 0 Å². The van der Waals surface area contributed by atoms with Gasteiger partial charge in [0.15, 0.2) is 11.5 Å². The standard InChI is InChI=1S/C13H10O5/c1-17-11-6-10(14)8-4-3-7(13(16)18-2)5-9(8)12(11)15/h3-6H,1-2H3. The van der Waals surface area contributed by atoms with Crippen LogP contribution in [0.5, 0.6) is 0 Å². The predicted molar refractivity (Wildman–Crippen MR) is 61.5 cm³/mol. The van der Waals surface area contributed by atoms with Crippen LogP contribution in [-0.4, -0.2) is 31.8 Å². The van der Waals surface area contributed by atoms with E-state index >= 15 is 0 Å². The van der Waals surface area contributed by atoms with Crippen LogP contribution < -0.4 is 0 Å². The maximum Gasteiger partial charge on any atom is 0.337 e. The Morgan fingerprint density at radius 1 is 1.11 bits per heavy atom. The highest BCUT2D eigenvalue weighted by Crippen LogP contribution is 2.23. The Bertz CT molecular complexity index is 583. The molecule has 0 aliphatic heterocycles. The average Bonchev–Trinajstić information content (AvgIpc) is 2.41. The van der Waals surface area contributed by atoms with E-state index in [2.05, 4.69) is 4.74 Å². The van der Waals surface area contributed by atoms with E-state index in [-0.39, 0.29) is 28.2 Å². The van der Waals surface area contributed by atoms with Crippen LogP contribution in [0.1, 0.15) is 31.1 Å². The number of hydrogen-bond acceptors (Lipinski definition) is 5. The van der Waals surface area contributed by atoms with E-state index in [1.165, 1.54) is 32.4 Å². The molecule has 0 N–H and O–H groups in total. The number of esters is 1. The average molecular weight is 246 g/mol. The monoisotopic (exact) mass is 246 g/mol. The van der Waals surface area contributed by atoms with E-state index in [9.17, 15) is 14.4 Å². The predicted octanol–water partition coefficient (Wildman–Crippen LogP) is 1.38. The van der Waals surface area contributed by atoms with Gasteiger partial charge in [-0.1, -0.05) is 0 Å². The molecule has 1 aliphatic carbocycles. The minimum Gasteiger partial charge on any atom is -0.492 e. The molecule has 1 aliphatic rings. The van der Waals surface area contributed by atoms with E-state index in [0.29, 0.717) is 0 Å². The molecule has 1 aromatic carbocycles. The van der Waals surface area contributed by atoms with Crippen LogP contribution in [0.3, 0.4) is 0 Å². The molecule has 18 heavy (non-hydrogen) atoms. The molecule has 0 spiro atoms. The molecule has 0 aromatic heterocycles. The lowest BCUT2D eigenvalue weighted by Crippen LogP contribution is -2.19. The molecule has 0 atom stereocenters. The zero-order chi connectivity index (χ0) is 13.3. The van der Waals surface area contributed by atoms with E-state index in [1.807, 2.05) is 0 Å². The molecule has 0 unspecified atom stereocenters. The van der Waals surface area contributed by atoms with Gasteiger partial charge in [-0.3, -0.25) is 9.59 Å². The fraction of sp³-hybridized carbons (Fsp3) is 0.154. The Morgan fingerprint density at radius 2 is 1.83 bits per heavy atom. The van der Waals surface area contributed by atoms with Crippen molar-refractivity contribution in [3.05, 3.63) is 46.7 Å². The van der Waals surface area contributed by atoms with Crippen LogP contribution in [0.2, 0.25) is 0 Å².